The number of hydrogen-bond donors (Lipinski definition) is 0. The molecular weight excluding hydrogens is 302 g/mol. The van der Waals surface area contributed by atoms with Crippen LogP contribution in [0.15, 0.2) is 30.5 Å². The molecule has 3 heterocycles. The summed E-state index contributed by atoms with van der Waals surface area (Å²) in [7, 11) is 0. The Morgan fingerprint density at radius 3 is 2.88 bits per heavy atom. The molecule has 0 N–H and O–H groups in total. The minimum Gasteiger partial charge on any atom is -0.476 e. The van der Waals surface area contributed by atoms with Gasteiger partial charge in [-0.3, -0.25) is 0 Å². The molecule has 1 saturated heterocycles. The van der Waals surface area contributed by atoms with E-state index >= 15 is 0 Å². The van der Waals surface area contributed by atoms with Gasteiger partial charge in [-0.15, -0.1) is 5.10 Å². The van der Waals surface area contributed by atoms with E-state index in [4.69, 9.17) is 4.74 Å². The van der Waals surface area contributed by atoms with Crippen LogP contribution in [-0.2, 0) is 0 Å². The second kappa shape index (κ2) is 6.44. The number of ether oxygens (including phenoxy) is 1. The molecule has 2 aromatic heterocycles. The summed E-state index contributed by atoms with van der Waals surface area (Å²) in [6.07, 6.45) is 5.15. The van der Waals surface area contributed by atoms with Crippen LogP contribution in [0.3, 0.4) is 0 Å². The molecule has 1 aliphatic heterocycles. The fourth-order valence-electron chi connectivity index (χ4n) is 3.13. The summed E-state index contributed by atoms with van der Waals surface area (Å²) in [6, 6.07) is 9.93. The molecule has 1 saturated carbocycles. The number of anilines is 1. The molecule has 2 fully saturated rings. The summed E-state index contributed by atoms with van der Waals surface area (Å²) < 4.78 is 5.80. The van der Waals surface area contributed by atoms with Crippen molar-refractivity contribution in [2.75, 3.05) is 24.6 Å². The van der Waals surface area contributed by atoms with Crippen molar-refractivity contribution in [2.45, 2.75) is 25.2 Å². The van der Waals surface area contributed by atoms with Crippen molar-refractivity contribution in [3.8, 4) is 11.9 Å². The quantitative estimate of drug-likeness (QED) is 0.842. The Hall–Kier alpha value is -2.68. The molecule has 6 heteroatoms. The standard InChI is InChI=1S/C18H19N5O/c19-10-16-17(2-1-8-20-16)23-9-7-13(11-23)12-24-18-6-5-15(21-22-18)14-3-4-14/h1-2,5-6,8,13-14H,3-4,7,9,11-12H2. The van der Waals surface area contributed by atoms with Crippen molar-refractivity contribution in [3.63, 3.8) is 0 Å². The fraction of sp³-hybridized carbons (Fsp3) is 0.444. The van der Waals surface area contributed by atoms with Crippen LogP contribution in [0.1, 0.15) is 36.6 Å². The average molecular weight is 321 g/mol. The molecule has 0 bridgehead atoms. The highest BCUT2D eigenvalue weighted by Crippen LogP contribution is 2.38. The molecule has 2 aliphatic rings. The second-order valence-electron chi connectivity index (χ2n) is 6.47. The molecule has 24 heavy (non-hydrogen) atoms. The molecule has 0 radical (unpaired) electrons. The summed E-state index contributed by atoms with van der Waals surface area (Å²) in [4.78, 5) is 6.35. The predicted octanol–water partition coefficient (Wildman–Crippen LogP) is 2.53. The van der Waals surface area contributed by atoms with Gasteiger partial charge in [0.25, 0.3) is 0 Å². The molecule has 2 aromatic rings. The molecule has 6 nitrogen and oxygen atoms in total. The van der Waals surface area contributed by atoms with Gasteiger partial charge >= 0.3 is 0 Å². The van der Waals surface area contributed by atoms with Gasteiger partial charge in [-0.25, -0.2) is 4.98 Å². The molecule has 1 unspecified atom stereocenters. The van der Waals surface area contributed by atoms with Crippen molar-refractivity contribution in [2.24, 2.45) is 5.92 Å². The maximum absolute atomic E-state index is 9.18. The monoisotopic (exact) mass is 321 g/mol. The number of aromatic nitrogens is 3. The number of pyridine rings is 1. The maximum Gasteiger partial charge on any atom is 0.233 e. The normalized spacial score (nSPS) is 20.0. The minimum absolute atomic E-state index is 0.418. The van der Waals surface area contributed by atoms with Gasteiger partial charge in [0, 0.05) is 37.2 Å². The molecule has 0 spiro atoms. The van der Waals surface area contributed by atoms with Gasteiger partial charge in [0.2, 0.25) is 5.88 Å². The van der Waals surface area contributed by atoms with Crippen LogP contribution in [0.25, 0.3) is 0 Å². The van der Waals surface area contributed by atoms with Crippen LogP contribution in [0.5, 0.6) is 5.88 Å². The Morgan fingerprint density at radius 2 is 2.12 bits per heavy atom. The van der Waals surface area contributed by atoms with E-state index in [2.05, 4.69) is 26.2 Å². The van der Waals surface area contributed by atoms with Crippen LogP contribution in [0.4, 0.5) is 5.69 Å². The van der Waals surface area contributed by atoms with E-state index in [-0.39, 0.29) is 0 Å². The van der Waals surface area contributed by atoms with Crippen molar-refractivity contribution in [1.29, 1.82) is 5.26 Å². The zero-order valence-corrected chi connectivity index (χ0v) is 13.4. The molecule has 4 rings (SSSR count). The van der Waals surface area contributed by atoms with Crippen molar-refractivity contribution in [3.05, 3.63) is 41.9 Å². The first-order chi connectivity index (χ1) is 11.8. The average Bonchev–Trinajstić information content (AvgIpc) is 3.38. The summed E-state index contributed by atoms with van der Waals surface area (Å²) in [6.45, 7) is 2.41. The van der Waals surface area contributed by atoms with E-state index < -0.39 is 0 Å². The molecular formula is C18H19N5O. The first-order valence-electron chi connectivity index (χ1n) is 8.40. The van der Waals surface area contributed by atoms with Crippen LogP contribution >= 0.6 is 0 Å². The highest BCUT2D eigenvalue weighted by atomic mass is 16.5. The van der Waals surface area contributed by atoms with Crippen molar-refractivity contribution in [1.82, 2.24) is 15.2 Å². The topological polar surface area (TPSA) is 74.9 Å². The highest BCUT2D eigenvalue weighted by Gasteiger charge is 2.26. The van der Waals surface area contributed by atoms with E-state index in [9.17, 15) is 5.26 Å². The smallest absolute Gasteiger partial charge is 0.233 e. The molecule has 0 aromatic carbocycles. The third-order valence-corrected chi connectivity index (χ3v) is 4.64. The predicted molar refractivity (Wildman–Crippen MR) is 88.8 cm³/mol. The summed E-state index contributed by atoms with van der Waals surface area (Å²) in [5.41, 5.74) is 2.48. The van der Waals surface area contributed by atoms with Crippen molar-refractivity contribution >= 4 is 5.69 Å². The third kappa shape index (κ3) is 3.16. The van der Waals surface area contributed by atoms with Gasteiger partial charge in [0.1, 0.15) is 6.07 Å². The molecule has 1 aliphatic carbocycles. The van der Waals surface area contributed by atoms with Crippen LogP contribution in [-0.4, -0.2) is 34.9 Å². The van der Waals surface area contributed by atoms with E-state index in [0.29, 0.717) is 30.0 Å². The van der Waals surface area contributed by atoms with E-state index in [1.165, 1.54) is 12.8 Å². The van der Waals surface area contributed by atoms with Gasteiger partial charge in [-0.2, -0.15) is 10.4 Å². The van der Waals surface area contributed by atoms with Gasteiger partial charge in [0.15, 0.2) is 5.69 Å². The van der Waals surface area contributed by atoms with Gasteiger partial charge in [-0.05, 0) is 37.5 Å². The SMILES string of the molecule is N#Cc1ncccc1N1CCC(COc2ccc(C3CC3)nn2)C1. The lowest BCUT2D eigenvalue weighted by Gasteiger charge is -2.19. The van der Waals surface area contributed by atoms with E-state index in [1.807, 2.05) is 24.3 Å². The van der Waals surface area contributed by atoms with Crippen LogP contribution < -0.4 is 9.64 Å². The Balaban J connectivity index is 1.33. The van der Waals surface area contributed by atoms with Gasteiger partial charge in [0.05, 0.1) is 18.0 Å². The van der Waals surface area contributed by atoms with Crippen LogP contribution in [0, 0.1) is 17.2 Å². The summed E-state index contributed by atoms with van der Waals surface area (Å²) >= 11 is 0. The van der Waals surface area contributed by atoms with Crippen LogP contribution in [0.2, 0.25) is 0 Å². The Kier molecular flexibility index (Phi) is 3.99. The number of nitrogens with zero attached hydrogens (tertiary/aromatic N) is 5. The zero-order chi connectivity index (χ0) is 16.4. The highest BCUT2D eigenvalue weighted by molar-refractivity contribution is 5.56. The Bertz CT molecular complexity index is 751. The Morgan fingerprint density at radius 1 is 1.21 bits per heavy atom. The lowest BCUT2D eigenvalue weighted by atomic mass is 10.1. The fourth-order valence-corrected chi connectivity index (χ4v) is 3.13. The largest absolute Gasteiger partial charge is 0.476 e. The second-order valence-corrected chi connectivity index (χ2v) is 6.47. The third-order valence-electron chi connectivity index (χ3n) is 4.64. The Labute approximate surface area is 141 Å². The lowest BCUT2D eigenvalue weighted by Crippen LogP contribution is -2.23. The molecule has 0 amide bonds. The van der Waals surface area contributed by atoms with E-state index in [1.54, 1.807) is 6.20 Å². The van der Waals surface area contributed by atoms with E-state index in [0.717, 1.165) is 30.9 Å². The minimum atomic E-state index is 0.418. The number of nitriles is 1. The first kappa shape index (κ1) is 14.9. The van der Waals surface area contributed by atoms with Gasteiger partial charge in [-0.1, -0.05) is 0 Å². The maximum atomic E-state index is 9.18. The number of rotatable bonds is 5. The summed E-state index contributed by atoms with van der Waals surface area (Å²) in [5.74, 6) is 1.63. The number of hydrogen-bond acceptors (Lipinski definition) is 6. The first-order valence-corrected chi connectivity index (χ1v) is 8.40. The summed E-state index contributed by atoms with van der Waals surface area (Å²) in [5, 5.41) is 17.6. The molecule has 122 valence electrons. The van der Waals surface area contributed by atoms with Crippen molar-refractivity contribution < 1.29 is 4.74 Å². The molecule has 1 atom stereocenters. The van der Waals surface area contributed by atoms with Gasteiger partial charge < -0.3 is 9.64 Å². The zero-order valence-electron chi connectivity index (χ0n) is 13.4. The lowest BCUT2D eigenvalue weighted by molar-refractivity contribution is 0.249.